The number of nitrogen functional groups attached to an aromatic ring is 1. The van der Waals surface area contributed by atoms with Gasteiger partial charge in [-0.15, -0.1) is 17.9 Å². The number of hydrogen-bond donors (Lipinski definition) is 2. The SMILES string of the molecule is C=CCCNC(=O)c1sc2ncccc2c1N. The number of pyridine rings is 1. The van der Waals surface area contributed by atoms with Crippen molar-refractivity contribution in [3.8, 4) is 0 Å². The molecule has 17 heavy (non-hydrogen) atoms. The van der Waals surface area contributed by atoms with Crippen LogP contribution in [0.5, 0.6) is 0 Å². The molecule has 0 spiro atoms. The molecule has 2 heterocycles. The van der Waals surface area contributed by atoms with E-state index in [4.69, 9.17) is 5.73 Å². The number of nitrogens with one attached hydrogen (secondary N) is 1. The van der Waals surface area contributed by atoms with Gasteiger partial charge in [0.15, 0.2) is 0 Å². The van der Waals surface area contributed by atoms with Gasteiger partial charge in [-0.05, 0) is 18.6 Å². The number of carbonyl (C=O) groups is 1. The zero-order chi connectivity index (χ0) is 12.3. The molecule has 0 atom stereocenters. The third kappa shape index (κ3) is 2.29. The molecule has 2 aromatic heterocycles. The molecule has 3 N–H and O–H groups in total. The maximum absolute atomic E-state index is 11.9. The molecule has 2 rings (SSSR count). The van der Waals surface area contributed by atoms with Gasteiger partial charge >= 0.3 is 0 Å². The Morgan fingerprint density at radius 3 is 3.18 bits per heavy atom. The van der Waals surface area contributed by atoms with Crippen LogP contribution in [0.15, 0.2) is 31.0 Å². The largest absolute Gasteiger partial charge is 0.397 e. The third-order valence-corrected chi connectivity index (χ3v) is 3.47. The molecule has 5 heteroatoms. The van der Waals surface area contributed by atoms with E-state index >= 15 is 0 Å². The van der Waals surface area contributed by atoms with Crippen molar-refractivity contribution >= 4 is 33.1 Å². The minimum atomic E-state index is -0.146. The fraction of sp³-hybridized carbons (Fsp3) is 0.167. The molecule has 88 valence electrons. The molecular weight excluding hydrogens is 234 g/mol. The minimum absolute atomic E-state index is 0.146. The summed E-state index contributed by atoms with van der Waals surface area (Å²) in [6.07, 6.45) is 4.20. The molecule has 0 saturated carbocycles. The molecule has 1 amide bonds. The van der Waals surface area contributed by atoms with Gasteiger partial charge in [0.2, 0.25) is 0 Å². The fourth-order valence-corrected chi connectivity index (χ4v) is 2.47. The quantitative estimate of drug-likeness (QED) is 0.642. The van der Waals surface area contributed by atoms with Gasteiger partial charge in [-0.3, -0.25) is 4.79 Å². The number of nitrogens with zero attached hydrogens (tertiary/aromatic N) is 1. The van der Waals surface area contributed by atoms with Crippen molar-refractivity contribution in [1.29, 1.82) is 0 Å². The van der Waals surface area contributed by atoms with E-state index in [0.29, 0.717) is 17.1 Å². The van der Waals surface area contributed by atoms with Crippen LogP contribution >= 0.6 is 11.3 Å². The maximum Gasteiger partial charge on any atom is 0.263 e. The molecule has 2 aromatic rings. The number of fused-ring (bicyclic) bond motifs is 1. The summed E-state index contributed by atoms with van der Waals surface area (Å²) >= 11 is 1.32. The molecule has 0 bridgehead atoms. The van der Waals surface area contributed by atoms with E-state index in [2.05, 4.69) is 16.9 Å². The summed E-state index contributed by atoms with van der Waals surface area (Å²) < 4.78 is 0. The highest BCUT2D eigenvalue weighted by atomic mass is 32.1. The van der Waals surface area contributed by atoms with Gasteiger partial charge in [-0.1, -0.05) is 6.08 Å². The van der Waals surface area contributed by atoms with Gasteiger partial charge in [0.05, 0.1) is 5.69 Å². The van der Waals surface area contributed by atoms with Crippen molar-refractivity contribution in [3.63, 3.8) is 0 Å². The van der Waals surface area contributed by atoms with Gasteiger partial charge in [-0.25, -0.2) is 4.98 Å². The highest BCUT2D eigenvalue weighted by Crippen LogP contribution is 2.31. The first kappa shape index (κ1) is 11.6. The second-order valence-corrected chi connectivity index (χ2v) is 4.53. The van der Waals surface area contributed by atoms with E-state index in [9.17, 15) is 4.79 Å². The summed E-state index contributed by atoms with van der Waals surface area (Å²) in [7, 11) is 0. The van der Waals surface area contributed by atoms with Crippen molar-refractivity contribution in [2.45, 2.75) is 6.42 Å². The summed E-state index contributed by atoms with van der Waals surface area (Å²) in [4.78, 5) is 17.4. The van der Waals surface area contributed by atoms with Crippen molar-refractivity contribution < 1.29 is 4.79 Å². The highest BCUT2D eigenvalue weighted by Gasteiger charge is 2.15. The van der Waals surface area contributed by atoms with E-state index in [-0.39, 0.29) is 5.91 Å². The lowest BCUT2D eigenvalue weighted by Gasteiger charge is -2.01. The van der Waals surface area contributed by atoms with E-state index in [1.807, 2.05) is 12.1 Å². The zero-order valence-electron chi connectivity index (χ0n) is 9.27. The average molecular weight is 247 g/mol. The maximum atomic E-state index is 11.9. The number of carbonyl (C=O) groups excluding carboxylic acids is 1. The number of nitrogens with two attached hydrogens (primary N) is 1. The van der Waals surface area contributed by atoms with Crippen LogP contribution in [0, 0.1) is 0 Å². The van der Waals surface area contributed by atoms with Crippen molar-refractivity contribution in [2.75, 3.05) is 12.3 Å². The first-order chi connectivity index (χ1) is 8.24. The first-order valence-electron chi connectivity index (χ1n) is 5.26. The molecule has 0 aliphatic carbocycles. The van der Waals surface area contributed by atoms with Crippen LogP contribution < -0.4 is 11.1 Å². The molecule has 0 unspecified atom stereocenters. The molecule has 0 aliphatic heterocycles. The molecule has 0 aliphatic rings. The number of anilines is 1. The Morgan fingerprint density at radius 2 is 2.47 bits per heavy atom. The van der Waals surface area contributed by atoms with Crippen LogP contribution in [0.4, 0.5) is 5.69 Å². The molecule has 0 radical (unpaired) electrons. The smallest absolute Gasteiger partial charge is 0.263 e. The highest BCUT2D eigenvalue weighted by molar-refractivity contribution is 7.21. The van der Waals surface area contributed by atoms with Gasteiger partial charge < -0.3 is 11.1 Å². The van der Waals surface area contributed by atoms with Crippen molar-refractivity contribution in [3.05, 3.63) is 35.9 Å². The van der Waals surface area contributed by atoms with E-state index < -0.39 is 0 Å². The number of thiophene rings is 1. The Kier molecular flexibility index (Phi) is 3.39. The van der Waals surface area contributed by atoms with Crippen LogP contribution in [-0.4, -0.2) is 17.4 Å². The van der Waals surface area contributed by atoms with E-state index in [1.54, 1.807) is 12.3 Å². The number of hydrogen-bond acceptors (Lipinski definition) is 4. The summed E-state index contributed by atoms with van der Waals surface area (Å²) in [5.41, 5.74) is 6.44. The molecule has 0 saturated heterocycles. The normalized spacial score (nSPS) is 10.4. The van der Waals surface area contributed by atoms with Crippen LogP contribution in [0.25, 0.3) is 10.2 Å². The molecule has 0 fully saturated rings. The predicted molar refractivity (Wildman–Crippen MR) is 71.2 cm³/mol. The van der Waals surface area contributed by atoms with Gasteiger partial charge in [-0.2, -0.15) is 0 Å². The molecule has 0 aromatic carbocycles. The van der Waals surface area contributed by atoms with Crippen LogP contribution in [0.1, 0.15) is 16.1 Å². The number of amides is 1. The molecule has 4 nitrogen and oxygen atoms in total. The standard InChI is InChI=1S/C12H13N3OS/c1-2-3-6-14-11(16)10-9(13)8-5-4-7-15-12(8)17-10/h2,4-5,7H,1,3,6,13H2,(H,14,16). The van der Waals surface area contributed by atoms with Gasteiger partial charge in [0.25, 0.3) is 5.91 Å². The van der Waals surface area contributed by atoms with Gasteiger partial charge in [0.1, 0.15) is 9.71 Å². The monoisotopic (exact) mass is 247 g/mol. The first-order valence-corrected chi connectivity index (χ1v) is 6.07. The Hall–Kier alpha value is -1.88. The summed E-state index contributed by atoms with van der Waals surface area (Å²) in [5.74, 6) is -0.146. The van der Waals surface area contributed by atoms with Crippen LogP contribution in [0.3, 0.4) is 0 Å². The lowest BCUT2D eigenvalue weighted by atomic mass is 10.2. The van der Waals surface area contributed by atoms with Gasteiger partial charge in [0, 0.05) is 18.1 Å². The predicted octanol–water partition coefficient (Wildman–Crippen LogP) is 2.18. The lowest BCUT2D eigenvalue weighted by Crippen LogP contribution is -2.23. The summed E-state index contributed by atoms with van der Waals surface area (Å²) in [5, 5.41) is 3.63. The summed E-state index contributed by atoms with van der Waals surface area (Å²) in [6.45, 7) is 4.17. The number of rotatable bonds is 4. The third-order valence-electron chi connectivity index (χ3n) is 2.34. The lowest BCUT2D eigenvalue weighted by molar-refractivity contribution is 0.0959. The Labute approximate surface area is 103 Å². The second kappa shape index (κ2) is 4.97. The Morgan fingerprint density at radius 1 is 1.65 bits per heavy atom. The second-order valence-electron chi connectivity index (χ2n) is 3.53. The fourth-order valence-electron chi connectivity index (χ4n) is 1.49. The van der Waals surface area contributed by atoms with E-state index in [0.717, 1.165) is 16.6 Å². The van der Waals surface area contributed by atoms with Crippen molar-refractivity contribution in [1.82, 2.24) is 10.3 Å². The van der Waals surface area contributed by atoms with Crippen molar-refractivity contribution in [2.24, 2.45) is 0 Å². The van der Waals surface area contributed by atoms with Crippen LogP contribution in [-0.2, 0) is 0 Å². The zero-order valence-corrected chi connectivity index (χ0v) is 10.1. The molecular formula is C12H13N3OS. The Balaban J connectivity index is 2.26. The average Bonchev–Trinajstić information content (AvgIpc) is 2.68. The van der Waals surface area contributed by atoms with Crippen LogP contribution in [0.2, 0.25) is 0 Å². The topological polar surface area (TPSA) is 68.0 Å². The number of aromatic nitrogens is 1. The Bertz CT molecular complexity index is 562. The minimum Gasteiger partial charge on any atom is -0.397 e. The van der Waals surface area contributed by atoms with E-state index in [1.165, 1.54) is 11.3 Å². The summed E-state index contributed by atoms with van der Waals surface area (Å²) in [6, 6.07) is 3.68.